The van der Waals surface area contributed by atoms with Crippen LogP contribution in [-0.4, -0.2) is 42.2 Å². The summed E-state index contributed by atoms with van der Waals surface area (Å²) in [5.41, 5.74) is 10.1. The molecular formula is C19H25N5. The molecule has 3 rings (SSSR count). The number of aromatic nitrogens is 1. The molecule has 0 saturated carbocycles. The van der Waals surface area contributed by atoms with E-state index in [1.807, 2.05) is 12.1 Å². The lowest BCUT2D eigenvalue weighted by Crippen LogP contribution is -2.47. The molecule has 1 aromatic heterocycles. The monoisotopic (exact) mass is 323 g/mol. The molecule has 0 radical (unpaired) electrons. The normalized spacial score (nSPS) is 15.5. The van der Waals surface area contributed by atoms with Crippen molar-refractivity contribution in [1.29, 1.82) is 5.26 Å². The fourth-order valence-electron chi connectivity index (χ4n) is 3.40. The Hall–Kier alpha value is -2.45. The highest BCUT2D eigenvalue weighted by atomic mass is 15.3. The molecule has 0 atom stereocenters. The number of nitrogen functional groups attached to an aromatic ring is 1. The van der Waals surface area contributed by atoms with Gasteiger partial charge >= 0.3 is 0 Å². The summed E-state index contributed by atoms with van der Waals surface area (Å²) in [7, 11) is 0. The van der Waals surface area contributed by atoms with Gasteiger partial charge in [0.15, 0.2) is 0 Å². The molecule has 1 aliphatic rings. The minimum Gasteiger partial charge on any atom is -0.396 e. The summed E-state index contributed by atoms with van der Waals surface area (Å²) >= 11 is 0. The van der Waals surface area contributed by atoms with Gasteiger partial charge in [-0.2, -0.15) is 5.26 Å². The van der Waals surface area contributed by atoms with Gasteiger partial charge in [-0.1, -0.05) is 31.2 Å². The summed E-state index contributed by atoms with van der Waals surface area (Å²) in [4.78, 5) is 4.76. The largest absolute Gasteiger partial charge is 0.396 e. The number of nitrogens with two attached hydrogens (primary N) is 1. The average Bonchev–Trinajstić information content (AvgIpc) is 2.92. The molecule has 1 saturated heterocycles. The van der Waals surface area contributed by atoms with Crippen LogP contribution in [0.5, 0.6) is 0 Å². The van der Waals surface area contributed by atoms with E-state index in [9.17, 15) is 5.26 Å². The van der Waals surface area contributed by atoms with Gasteiger partial charge in [0.05, 0.1) is 12.2 Å². The van der Waals surface area contributed by atoms with Crippen LogP contribution >= 0.6 is 0 Å². The van der Waals surface area contributed by atoms with Crippen molar-refractivity contribution < 1.29 is 0 Å². The maximum atomic E-state index is 9.53. The number of nitriles is 1. The zero-order valence-corrected chi connectivity index (χ0v) is 14.5. The Bertz CT molecular complexity index is 748. The van der Waals surface area contributed by atoms with Crippen molar-refractivity contribution in [3.8, 4) is 6.07 Å². The molecule has 1 aliphatic heterocycles. The van der Waals surface area contributed by atoms with Crippen LogP contribution in [-0.2, 0) is 6.54 Å². The number of hydrogen-bond donors (Lipinski definition) is 1. The molecule has 5 nitrogen and oxygen atoms in total. The Balaban J connectivity index is 1.94. The SMILES string of the molecule is CCN1CCN(c2c(N)cc(C#N)n2Cc2ccccc2C)CC1. The Morgan fingerprint density at radius 1 is 1.17 bits per heavy atom. The van der Waals surface area contributed by atoms with Gasteiger partial charge in [0.2, 0.25) is 0 Å². The Morgan fingerprint density at radius 2 is 1.88 bits per heavy atom. The van der Waals surface area contributed by atoms with Crippen molar-refractivity contribution in [1.82, 2.24) is 9.47 Å². The van der Waals surface area contributed by atoms with Gasteiger partial charge in [0.25, 0.3) is 0 Å². The van der Waals surface area contributed by atoms with Crippen molar-refractivity contribution in [2.75, 3.05) is 43.4 Å². The first-order valence-electron chi connectivity index (χ1n) is 8.55. The summed E-state index contributed by atoms with van der Waals surface area (Å²) in [5.74, 6) is 0.991. The number of likely N-dealkylation sites (N-methyl/N-ethyl adjacent to an activating group) is 1. The second kappa shape index (κ2) is 6.98. The minimum absolute atomic E-state index is 0.628. The molecule has 24 heavy (non-hydrogen) atoms. The van der Waals surface area contributed by atoms with Crippen molar-refractivity contribution in [3.63, 3.8) is 0 Å². The second-order valence-corrected chi connectivity index (χ2v) is 6.35. The van der Waals surface area contributed by atoms with Crippen LogP contribution in [0.4, 0.5) is 11.5 Å². The van der Waals surface area contributed by atoms with Crippen molar-refractivity contribution in [3.05, 3.63) is 47.2 Å². The maximum Gasteiger partial charge on any atom is 0.133 e. The van der Waals surface area contributed by atoms with Gasteiger partial charge in [-0.15, -0.1) is 0 Å². The Morgan fingerprint density at radius 3 is 2.50 bits per heavy atom. The van der Waals surface area contributed by atoms with Crippen LogP contribution in [0.3, 0.4) is 0 Å². The van der Waals surface area contributed by atoms with E-state index in [0.717, 1.165) is 38.5 Å². The van der Waals surface area contributed by atoms with E-state index in [1.165, 1.54) is 11.1 Å². The van der Waals surface area contributed by atoms with Crippen molar-refractivity contribution in [2.45, 2.75) is 20.4 Å². The predicted molar refractivity (Wildman–Crippen MR) is 98.2 cm³/mol. The second-order valence-electron chi connectivity index (χ2n) is 6.35. The van der Waals surface area contributed by atoms with Gasteiger partial charge in [0, 0.05) is 26.2 Å². The fourth-order valence-corrected chi connectivity index (χ4v) is 3.40. The van der Waals surface area contributed by atoms with Crippen molar-refractivity contribution >= 4 is 11.5 Å². The number of hydrogen-bond acceptors (Lipinski definition) is 4. The smallest absolute Gasteiger partial charge is 0.133 e. The number of aryl methyl sites for hydroxylation is 1. The van der Waals surface area contributed by atoms with Crippen LogP contribution in [0.15, 0.2) is 30.3 Å². The van der Waals surface area contributed by atoms with E-state index < -0.39 is 0 Å². The Labute approximate surface area is 143 Å². The minimum atomic E-state index is 0.628. The zero-order valence-electron chi connectivity index (χ0n) is 14.5. The first kappa shape index (κ1) is 16.4. The highest BCUT2D eigenvalue weighted by Crippen LogP contribution is 2.30. The molecule has 5 heteroatoms. The van der Waals surface area contributed by atoms with Crippen LogP contribution < -0.4 is 10.6 Å². The lowest BCUT2D eigenvalue weighted by molar-refractivity contribution is 0.270. The molecule has 2 aromatic rings. The van der Waals surface area contributed by atoms with Crippen LogP contribution in [0.25, 0.3) is 0 Å². The average molecular weight is 323 g/mol. The summed E-state index contributed by atoms with van der Waals surface area (Å²) in [6.45, 7) is 10.0. The number of piperazine rings is 1. The zero-order chi connectivity index (χ0) is 17.1. The first-order valence-corrected chi connectivity index (χ1v) is 8.55. The number of benzene rings is 1. The molecule has 0 spiro atoms. The highest BCUT2D eigenvalue weighted by Gasteiger charge is 2.23. The highest BCUT2D eigenvalue weighted by molar-refractivity contribution is 5.68. The van der Waals surface area contributed by atoms with E-state index in [-0.39, 0.29) is 0 Å². The molecule has 0 amide bonds. The Kier molecular flexibility index (Phi) is 4.77. The molecular weight excluding hydrogens is 298 g/mol. The number of anilines is 2. The molecule has 1 fully saturated rings. The fraction of sp³-hybridized carbons (Fsp3) is 0.421. The lowest BCUT2D eigenvalue weighted by Gasteiger charge is -2.36. The number of nitrogens with zero attached hydrogens (tertiary/aromatic N) is 4. The molecule has 2 N–H and O–H groups in total. The third-order valence-electron chi connectivity index (χ3n) is 4.92. The van der Waals surface area contributed by atoms with E-state index >= 15 is 0 Å². The molecule has 0 aliphatic carbocycles. The van der Waals surface area contributed by atoms with Gasteiger partial charge in [-0.05, 0) is 30.7 Å². The molecule has 2 heterocycles. The van der Waals surface area contributed by atoms with Gasteiger partial charge in [-0.3, -0.25) is 0 Å². The van der Waals surface area contributed by atoms with E-state index in [4.69, 9.17) is 5.73 Å². The van der Waals surface area contributed by atoms with Gasteiger partial charge in [0.1, 0.15) is 17.6 Å². The summed E-state index contributed by atoms with van der Waals surface area (Å²) < 4.78 is 2.07. The maximum absolute atomic E-state index is 9.53. The van der Waals surface area contributed by atoms with Gasteiger partial charge in [-0.25, -0.2) is 0 Å². The van der Waals surface area contributed by atoms with Crippen LogP contribution in [0.1, 0.15) is 23.7 Å². The first-order chi connectivity index (χ1) is 11.6. The number of rotatable bonds is 4. The van der Waals surface area contributed by atoms with Crippen LogP contribution in [0.2, 0.25) is 0 Å². The molecule has 126 valence electrons. The van der Waals surface area contributed by atoms with Crippen LogP contribution in [0, 0.1) is 18.3 Å². The third-order valence-corrected chi connectivity index (χ3v) is 4.92. The van der Waals surface area contributed by atoms with E-state index in [0.29, 0.717) is 17.9 Å². The topological polar surface area (TPSA) is 61.2 Å². The van der Waals surface area contributed by atoms with E-state index in [2.05, 4.69) is 46.4 Å². The summed E-state index contributed by atoms with van der Waals surface area (Å²) in [5, 5.41) is 9.53. The summed E-state index contributed by atoms with van der Waals surface area (Å²) in [6.07, 6.45) is 0. The lowest BCUT2D eigenvalue weighted by atomic mass is 10.1. The quantitative estimate of drug-likeness (QED) is 0.939. The van der Waals surface area contributed by atoms with E-state index in [1.54, 1.807) is 6.07 Å². The van der Waals surface area contributed by atoms with Crippen molar-refractivity contribution in [2.24, 2.45) is 0 Å². The molecule has 0 unspecified atom stereocenters. The molecule has 0 bridgehead atoms. The predicted octanol–water partition coefficient (Wildman–Crippen LogP) is 2.44. The molecule has 1 aromatic carbocycles. The third kappa shape index (κ3) is 3.10. The summed E-state index contributed by atoms with van der Waals surface area (Å²) in [6, 6.07) is 12.4. The van der Waals surface area contributed by atoms with Gasteiger partial charge < -0.3 is 20.1 Å². The standard InChI is InChI=1S/C19H25N5/c1-3-22-8-10-23(11-9-22)19-18(21)12-17(13-20)24(19)14-16-7-5-4-6-15(16)2/h4-7,12H,3,8-11,14,21H2,1-2H3.